The Bertz CT molecular complexity index is 3670. The normalized spacial score (nSPS) is 11.1. The molecule has 0 aliphatic rings. The van der Waals surface area contributed by atoms with E-state index in [1.54, 1.807) is 0 Å². The van der Waals surface area contributed by atoms with Crippen LogP contribution in [0.5, 0.6) is 0 Å². The minimum atomic E-state index is 0.759. The van der Waals surface area contributed by atoms with Gasteiger partial charge in [-0.3, -0.25) is 9.80 Å². The Morgan fingerprint density at radius 3 is 0.718 bits per heavy atom. The van der Waals surface area contributed by atoms with E-state index in [2.05, 4.69) is 226 Å². The van der Waals surface area contributed by atoms with E-state index in [1.165, 1.54) is 0 Å². The highest BCUT2D eigenvalue weighted by atomic mass is 15.2. The lowest BCUT2D eigenvalue weighted by Gasteiger charge is -2.27. The smallest absolute Gasteiger partial charge is 0.138 e. The van der Waals surface area contributed by atoms with Crippen molar-refractivity contribution in [1.82, 2.24) is 19.9 Å². The van der Waals surface area contributed by atoms with Gasteiger partial charge in [-0.1, -0.05) is 133 Å². The van der Waals surface area contributed by atoms with Crippen molar-refractivity contribution in [3.8, 4) is 22.3 Å². The van der Waals surface area contributed by atoms with Crippen LogP contribution in [-0.4, -0.2) is 19.9 Å². The number of pyridine rings is 4. The number of hydrogen-bond acceptors (Lipinski definition) is 8. The molecule has 13 aromatic rings. The van der Waals surface area contributed by atoms with Crippen LogP contribution in [0.1, 0.15) is 0 Å². The molecule has 0 aliphatic heterocycles. The summed E-state index contributed by atoms with van der Waals surface area (Å²) in [6.45, 7) is 0. The molecule has 0 radical (unpaired) electrons. The molecule has 8 heteroatoms. The van der Waals surface area contributed by atoms with Gasteiger partial charge in [0.1, 0.15) is 23.3 Å². The van der Waals surface area contributed by atoms with Gasteiger partial charge >= 0.3 is 0 Å². The van der Waals surface area contributed by atoms with Gasteiger partial charge in [0.05, 0.1) is 0 Å². The second-order valence-corrected chi connectivity index (χ2v) is 18.7. The summed E-state index contributed by atoms with van der Waals surface area (Å²) in [6, 6.07) is 97.7. The average Bonchev–Trinajstić information content (AvgIpc) is 3.71. The summed E-state index contributed by atoms with van der Waals surface area (Å²) in [5.74, 6) is 3.04. The summed E-state index contributed by atoms with van der Waals surface area (Å²) in [4.78, 5) is 28.4. The van der Waals surface area contributed by atoms with Crippen LogP contribution < -0.4 is 19.6 Å². The van der Waals surface area contributed by atoms with Crippen molar-refractivity contribution in [2.75, 3.05) is 19.6 Å². The fourth-order valence-corrected chi connectivity index (χ4v) is 10.6. The van der Waals surface area contributed by atoms with Gasteiger partial charge in [0.25, 0.3) is 0 Å². The zero-order valence-electron chi connectivity index (χ0n) is 42.4. The van der Waals surface area contributed by atoms with Crippen LogP contribution in [-0.2, 0) is 0 Å². The van der Waals surface area contributed by atoms with E-state index in [9.17, 15) is 0 Å². The zero-order valence-corrected chi connectivity index (χ0v) is 42.4. The third-order valence-corrected chi connectivity index (χ3v) is 14.0. The van der Waals surface area contributed by atoms with Gasteiger partial charge in [0.15, 0.2) is 0 Å². The third kappa shape index (κ3) is 9.20. The lowest BCUT2D eigenvalue weighted by atomic mass is 9.85. The Kier molecular flexibility index (Phi) is 12.8. The number of aromatic nitrogens is 4. The van der Waals surface area contributed by atoms with Gasteiger partial charge < -0.3 is 9.80 Å². The molecule has 0 saturated heterocycles. The van der Waals surface area contributed by atoms with Crippen LogP contribution in [0.4, 0.5) is 68.8 Å². The van der Waals surface area contributed by atoms with Crippen LogP contribution in [0.15, 0.2) is 304 Å². The molecule has 78 heavy (non-hydrogen) atoms. The van der Waals surface area contributed by atoms with Gasteiger partial charge in [-0.05, 0) is 189 Å². The molecule has 4 aromatic heterocycles. The van der Waals surface area contributed by atoms with Crippen molar-refractivity contribution >= 4 is 90.3 Å². The molecular weight excluding hydrogens is 953 g/mol. The fraction of sp³-hybridized carbons (Fsp3) is 0. The molecule has 8 nitrogen and oxygen atoms in total. The van der Waals surface area contributed by atoms with Gasteiger partial charge in [-0.25, -0.2) is 19.9 Å². The number of para-hydroxylation sites is 4. The molecule has 0 amide bonds. The number of nitrogens with zero attached hydrogens (tertiary/aromatic N) is 8. The number of fused-ring (bicyclic) bond motifs is 2. The van der Waals surface area contributed by atoms with E-state index in [0.717, 1.165) is 113 Å². The molecule has 0 fully saturated rings. The van der Waals surface area contributed by atoms with Gasteiger partial charge in [-0.15, -0.1) is 0 Å². The van der Waals surface area contributed by atoms with E-state index in [0.29, 0.717) is 0 Å². The number of benzene rings is 9. The predicted molar refractivity (Wildman–Crippen MR) is 322 cm³/mol. The summed E-state index contributed by atoms with van der Waals surface area (Å²) in [7, 11) is 0. The summed E-state index contributed by atoms with van der Waals surface area (Å²) >= 11 is 0. The first-order valence-corrected chi connectivity index (χ1v) is 26.0. The highest BCUT2D eigenvalue weighted by Crippen LogP contribution is 2.49. The Balaban J connectivity index is 1.08. The Hall–Kier alpha value is -10.7. The lowest BCUT2D eigenvalue weighted by molar-refractivity contribution is 1.13. The Labute approximate surface area is 453 Å². The predicted octanol–water partition coefficient (Wildman–Crippen LogP) is 18.8. The molecule has 0 N–H and O–H groups in total. The first-order valence-electron chi connectivity index (χ1n) is 26.0. The SMILES string of the molecule is c1ccc(N(c2ccccc2)c2ccc(-c3c4ccc(N(c5ccccn5)c5ccccn5)cc4c(-c4ccc(N(c5ccccc5)c5ccccc5)cc4)c4ccc(N(c5ccccn5)c5ccccn5)cc34)cc2)cc1. The molecule has 9 aromatic carbocycles. The number of hydrogen-bond donors (Lipinski definition) is 0. The quantitative estimate of drug-likeness (QED) is 0.0999. The minimum absolute atomic E-state index is 0.759. The van der Waals surface area contributed by atoms with Gasteiger partial charge in [0, 0.05) is 70.3 Å². The number of rotatable bonds is 14. The minimum Gasteiger partial charge on any atom is -0.311 e. The lowest BCUT2D eigenvalue weighted by Crippen LogP contribution is -2.13. The van der Waals surface area contributed by atoms with Crippen molar-refractivity contribution in [3.05, 3.63) is 304 Å². The molecule has 13 rings (SSSR count). The van der Waals surface area contributed by atoms with E-state index in [-0.39, 0.29) is 0 Å². The number of anilines is 12. The van der Waals surface area contributed by atoms with Crippen molar-refractivity contribution in [2.24, 2.45) is 0 Å². The zero-order chi connectivity index (χ0) is 52.0. The summed E-state index contributed by atoms with van der Waals surface area (Å²) < 4.78 is 0. The topological polar surface area (TPSA) is 64.5 Å². The van der Waals surface area contributed by atoms with Crippen molar-refractivity contribution < 1.29 is 0 Å². The second-order valence-electron chi connectivity index (χ2n) is 18.7. The maximum atomic E-state index is 4.89. The van der Waals surface area contributed by atoms with Crippen LogP contribution in [0, 0.1) is 0 Å². The second kappa shape index (κ2) is 21.3. The Morgan fingerprint density at radius 2 is 0.449 bits per heavy atom. The van der Waals surface area contributed by atoms with Crippen LogP contribution in [0.3, 0.4) is 0 Å². The molecular formula is C70H50N8. The van der Waals surface area contributed by atoms with Crippen LogP contribution in [0.25, 0.3) is 43.8 Å². The summed E-state index contributed by atoms with van der Waals surface area (Å²) in [5, 5.41) is 4.30. The molecule has 370 valence electrons. The molecule has 0 saturated carbocycles. The molecule has 4 heterocycles. The van der Waals surface area contributed by atoms with Crippen molar-refractivity contribution in [3.63, 3.8) is 0 Å². The highest BCUT2D eigenvalue weighted by Gasteiger charge is 2.24. The average molecular weight is 1000 g/mol. The first-order chi connectivity index (χ1) is 38.7. The molecule has 0 bridgehead atoms. The molecule has 0 atom stereocenters. The Morgan fingerprint density at radius 1 is 0.192 bits per heavy atom. The summed E-state index contributed by atoms with van der Waals surface area (Å²) in [6.07, 6.45) is 7.32. The standard InChI is InChI=1S/C70H50N8/c1-5-21-53(22-6-1)75(54-23-7-2-8-24-54)57-37-33-51(34-38-57)69-61-43-41-60(78(67-31-15-19-47-73-67)68-32-16-20-48-74-68)50-64(61)70(52-35-39-58(40-36-52)76(55-25-9-3-10-26-55)56-27-11-4-12-28-56)62-44-42-59(49-63(62)69)77(65-29-13-17-45-71-65)66-30-14-18-46-72-66/h1-50H. The van der Waals surface area contributed by atoms with Crippen molar-refractivity contribution in [2.45, 2.75) is 0 Å². The monoisotopic (exact) mass is 1000 g/mol. The fourth-order valence-electron chi connectivity index (χ4n) is 10.6. The molecule has 0 aliphatic carbocycles. The highest BCUT2D eigenvalue weighted by molar-refractivity contribution is 6.22. The van der Waals surface area contributed by atoms with Gasteiger partial charge in [-0.2, -0.15) is 0 Å². The summed E-state index contributed by atoms with van der Waals surface area (Å²) in [5.41, 5.74) is 12.5. The maximum Gasteiger partial charge on any atom is 0.138 e. The van der Waals surface area contributed by atoms with Crippen molar-refractivity contribution in [1.29, 1.82) is 0 Å². The van der Waals surface area contributed by atoms with Crippen LogP contribution in [0.2, 0.25) is 0 Å². The largest absolute Gasteiger partial charge is 0.311 e. The van der Waals surface area contributed by atoms with Gasteiger partial charge in [0.2, 0.25) is 0 Å². The van der Waals surface area contributed by atoms with E-state index >= 15 is 0 Å². The molecule has 0 unspecified atom stereocenters. The van der Waals surface area contributed by atoms with E-state index < -0.39 is 0 Å². The van der Waals surface area contributed by atoms with E-state index in [4.69, 9.17) is 19.9 Å². The van der Waals surface area contributed by atoms with E-state index in [1.807, 2.05) is 97.6 Å². The third-order valence-electron chi connectivity index (χ3n) is 14.0. The van der Waals surface area contributed by atoms with Crippen LogP contribution >= 0.6 is 0 Å². The maximum absolute atomic E-state index is 4.89. The molecule has 0 spiro atoms. The first kappa shape index (κ1) is 47.0.